The van der Waals surface area contributed by atoms with Crippen molar-refractivity contribution in [3.05, 3.63) is 28.7 Å². The highest BCUT2D eigenvalue weighted by atomic mass is 79.9. The lowest BCUT2D eigenvalue weighted by atomic mass is 10.4. The maximum Gasteiger partial charge on any atom is 0.166 e. The summed E-state index contributed by atoms with van der Waals surface area (Å²) >= 11 is 5.20. The molecule has 0 radical (unpaired) electrons. The van der Waals surface area contributed by atoms with Crippen LogP contribution in [-0.4, -0.2) is 25.3 Å². The molecule has 1 rings (SSSR count). The summed E-state index contributed by atoms with van der Waals surface area (Å²) in [4.78, 5) is 1.22. The predicted molar refractivity (Wildman–Crippen MR) is 94.6 cm³/mol. The zero-order valence-corrected chi connectivity index (χ0v) is 16.0. The standard InChI is InChI=1S/C12H17BrO2S.2C2H6/c1-3-14-12(15-4-2)9-16-11-7-5-6-10(13)8-11;2*1-2/h5-8,12H,3-4,9H2,1-2H3;2*1-2H3. The summed E-state index contributed by atoms with van der Waals surface area (Å²) in [5, 5.41) is 0. The van der Waals surface area contributed by atoms with Crippen LogP contribution in [0.15, 0.2) is 33.6 Å². The molecule has 0 aliphatic carbocycles. The van der Waals surface area contributed by atoms with Gasteiger partial charge < -0.3 is 9.47 Å². The second-order valence-corrected chi connectivity index (χ2v) is 5.12. The van der Waals surface area contributed by atoms with Crippen molar-refractivity contribution in [1.29, 1.82) is 0 Å². The lowest BCUT2D eigenvalue weighted by molar-refractivity contribution is -0.120. The third-order valence-electron chi connectivity index (χ3n) is 1.89. The molecule has 0 saturated heterocycles. The quantitative estimate of drug-likeness (QED) is 0.437. The summed E-state index contributed by atoms with van der Waals surface area (Å²) in [7, 11) is 0. The van der Waals surface area contributed by atoms with Crippen LogP contribution in [-0.2, 0) is 9.47 Å². The Morgan fingerprint density at radius 1 is 1.05 bits per heavy atom. The van der Waals surface area contributed by atoms with Gasteiger partial charge in [0.1, 0.15) is 0 Å². The molecule has 118 valence electrons. The molecule has 0 spiro atoms. The van der Waals surface area contributed by atoms with Crippen LogP contribution >= 0.6 is 27.7 Å². The molecule has 20 heavy (non-hydrogen) atoms. The fourth-order valence-corrected chi connectivity index (χ4v) is 2.69. The van der Waals surface area contributed by atoms with E-state index < -0.39 is 0 Å². The molecule has 0 fully saturated rings. The summed E-state index contributed by atoms with van der Waals surface area (Å²) in [6.45, 7) is 13.3. The van der Waals surface area contributed by atoms with E-state index >= 15 is 0 Å². The first-order valence-electron chi connectivity index (χ1n) is 7.37. The third kappa shape index (κ3) is 11.8. The van der Waals surface area contributed by atoms with E-state index in [0.29, 0.717) is 13.2 Å². The van der Waals surface area contributed by atoms with Crippen LogP contribution < -0.4 is 0 Å². The van der Waals surface area contributed by atoms with Crippen LogP contribution in [0.25, 0.3) is 0 Å². The number of rotatable bonds is 7. The number of benzene rings is 1. The highest BCUT2D eigenvalue weighted by molar-refractivity contribution is 9.10. The Morgan fingerprint density at radius 2 is 1.60 bits per heavy atom. The van der Waals surface area contributed by atoms with Gasteiger partial charge in [-0.25, -0.2) is 0 Å². The van der Waals surface area contributed by atoms with Gasteiger partial charge in [-0.15, -0.1) is 11.8 Å². The van der Waals surface area contributed by atoms with Gasteiger partial charge in [0.2, 0.25) is 0 Å². The monoisotopic (exact) mass is 364 g/mol. The van der Waals surface area contributed by atoms with E-state index in [1.165, 1.54) is 4.90 Å². The van der Waals surface area contributed by atoms with E-state index in [9.17, 15) is 0 Å². The van der Waals surface area contributed by atoms with Gasteiger partial charge in [0.05, 0.1) is 0 Å². The van der Waals surface area contributed by atoms with E-state index in [1.54, 1.807) is 11.8 Å². The maximum absolute atomic E-state index is 5.48. The molecule has 0 heterocycles. The minimum atomic E-state index is -0.112. The Kier molecular flexibility index (Phi) is 18.9. The zero-order chi connectivity index (χ0) is 15.8. The van der Waals surface area contributed by atoms with Crippen molar-refractivity contribution in [2.75, 3.05) is 19.0 Å². The molecular weight excluding hydrogens is 336 g/mol. The Bertz CT molecular complexity index is 302. The van der Waals surface area contributed by atoms with Gasteiger partial charge in [-0.05, 0) is 32.0 Å². The fraction of sp³-hybridized carbons (Fsp3) is 0.625. The molecule has 0 saturated carbocycles. The first-order valence-corrected chi connectivity index (χ1v) is 9.15. The van der Waals surface area contributed by atoms with Crippen LogP contribution in [0.4, 0.5) is 0 Å². The maximum atomic E-state index is 5.48. The molecule has 0 atom stereocenters. The average molecular weight is 365 g/mol. The van der Waals surface area contributed by atoms with Crippen LogP contribution in [0.3, 0.4) is 0 Å². The van der Waals surface area contributed by atoms with Crippen LogP contribution in [0, 0.1) is 0 Å². The van der Waals surface area contributed by atoms with Gasteiger partial charge in [-0.3, -0.25) is 0 Å². The van der Waals surface area contributed by atoms with E-state index in [2.05, 4.69) is 28.1 Å². The molecular formula is C16H29BrO2S. The first-order chi connectivity index (χ1) is 9.76. The number of hydrogen-bond acceptors (Lipinski definition) is 3. The van der Waals surface area contributed by atoms with Gasteiger partial charge in [0, 0.05) is 28.3 Å². The number of ether oxygens (including phenoxy) is 2. The van der Waals surface area contributed by atoms with Crippen molar-refractivity contribution in [1.82, 2.24) is 0 Å². The van der Waals surface area contributed by atoms with E-state index in [-0.39, 0.29) is 6.29 Å². The Labute approximate surface area is 137 Å². The van der Waals surface area contributed by atoms with Gasteiger partial charge in [-0.1, -0.05) is 49.7 Å². The van der Waals surface area contributed by atoms with Crippen LogP contribution in [0.1, 0.15) is 41.5 Å². The number of hydrogen-bond donors (Lipinski definition) is 0. The Morgan fingerprint density at radius 3 is 2.05 bits per heavy atom. The highest BCUT2D eigenvalue weighted by Gasteiger charge is 2.08. The summed E-state index contributed by atoms with van der Waals surface area (Å²) < 4.78 is 12.1. The summed E-state index contributed by atoms with van der Waals surface area (Å²) in [6, 6.07) is 8.24. The van der Waals surface area contributed by atoms with Crippen molar-refractivity contribution in [3.8, 4) is 0 Å². The molecule has 1 aromatic rings. The molecule has 0 aromatic heterocycles. The Balaban J connectivity index is 0. The molecule has 2 nitrogen and oxygen atoms in total. The number of thioether (sulfide) groups is 1. The van der Waals surface area contributed by atoms with Gasteiger partial charge >= 0.3 is 0 Å². The van der Waals surface area contributed by atoms with Crippen molar-refractivity contribution < 1.29 is 9.47 Å². The lowest BCUT2D eigenvalue weighted by Crippen LogP contribution is -2.19. The summed E-state index contributed by atoms with van der Waals surface area (Å²) in [5.74, 6) is 0.818. The van der Waals surface area contributed by atoms with E-state index in [0.717, 1.165) is 10.2 Å². The molecule has 0 amide bonds. The van der Waals surface area contributed by atoms with Gasteiger partial charge in [0.15, 0.2) is 6.29 Å². The molecule has 0 aliphatic rings. The molecule has 0 bridgehead atoms. The minimum Gasteiger partial charge on any atom is -0.352 e. The minimum absolute atomic E-state index is 0.112. The van der Waals surface area contributed by atoms with Gasteiger partial charge in [-0.2, -0.15) is 0 Å². The molecule has 4 heteroatoms. The molecule has 0 N–H and O–H groups in total. The lowest BCUT2D eigenvalue weighted by Gasteiger charge is -2.16. The van der Waals surface area contributed by atoms with Crippen molar-refractivity contribution in [3.63, 3.8) is 0 Å². The zero-order valence-electron chi connectivity index (χ0n) is 13.6. The normalized spacial score (nSPS) is 9.40. The van der Waals surface area contributed by atoms with Crippen molar-refractivity contribution >= 4 is 27.7 Å². The van der Waals surface area contributed by atoms with Crippen molar-refractivity contribution in [2.24, 2.45) is 0 Å². The van der Waals surface area contributed by atoms with E-state index in [4.69, 9.17) is 9.47 Å². The predicted octanol–water partition coefficient (Wildman–Crippen LogP) is 5.99. The van der Waals surface area contributed by atoms with Crippen LogP contribution in [0.5, 0.6) is 0 Å². The molecule has 0 unspecified atom stereocenters. The summed E-state index contributed by atoms with van der Waals surface area (Å²) in [5.41, 5.74) is 0. The SMILES string of the molecule is CC.CC.CCOC(CSc1cccc(Br)c1)OCC. The molecule has 0 aliphatic heterocycles. The Hall–Kier alpha value is -0.0300. The molecule has 1 aromatic carbocycles. The highest BCUT2D eigenvalue weighted by Crippen LogP contribution is 2.23. The average Bonchev–Trinajstić information content (AvgIpc) is 2.49. The van der Waals surface area contributed by atoms with Gasteiger partial charge in [0.25, 0.3) is 0 Å². The smallest absolute Gasteiger partial charge is 0.166 e. The fourth-order valence-electron chi connectivity index (χ4n) is 1.24. The van der Waals surface area contributed by atoms with Crippen molar-refractivity contribution in [2.45, 2.75) is 52.7 Å². The third-order valence-corrected chi connectivity index (χ3v) is 3.41. The van der Waals surface area contributed by atoms with E-state index in [1.807, 2.05) is 53.7 Å². The largest absolute Gasteiger partial charge is 0.352 e. The second-order valence-electron chi connectivity index (χ2n) is 3.11. The summed E-state index contributed by atoms with van der Waals surface area (Å²) in [6.07, 6.45) is -0.112. The number of halogens is 1. The second kappa shape index (κ2) is 17.0. The topological polar surface area (TPSA) is 18.5 Å². The van der Waals surface area contributed by atoms with Crippen LogP contribution in [0.2, 0.25) is 0 Å². The first kappa shape index (κ1) is 22.3.